The number of benzene rings is 5. The lowest BCUT2D eigenvalue weighted by Crippen LogP contribution is -2.57. The SMILES string of the molecule is COC1=CC([N+](=O)[O-])CC2=C1OC1(C=C2)N(Cc2ccc(-c3ccc(-c4ccc(CN5c6ccccc6C(C)(C)C56C=CC5=C(O6)C(OC)=CC([N+](=O)[O-])C5)cc4)cc3)cc2)c2ccccc2C1(C)C. The predicted octanol–water partition coefficient (Wildman–Crippen LogP) is 11.8. The van der Waals surface area contributed by atoms with E-state index >= 15 is 0 Å². The first-order valence-electron chi connectivity index (χ1n) is 23.7. The van der Waals surface area contributed by atoms with Crippen molar-refractivity contribution in [1.29, 1.82) is 0 Å². The molecule has 2 aliphatic carbocycles. The highest BCUT2D eigenvalue weighted by Crippen LogP contribution is 2.58. The van der Waals surface area contributed by atoms with Gasteiger partial charge in [-0.25, -0.2) is 0 Å². The first kappa shape index (κ1) is 44.6. The zero-order chi connectivity index (χ0) is 48.7. The van der Waals surface area contributed by atoms with Crippen molar-refractivity contribution in [3.05, 3.63) is 234 Å². The Morgan fingerprint density at radius 1 is 0.543 bits per heavy atom. The molecule has 0 saturated carbocycles. The maximum absolute atomic E-state index is 11.8. The molecule has 354 valence electrons. The second-order valence-corrected chi connectivity index (χ2v) is 20.0. The molecule has 0 aromatic heterocycles. The smallest absolute Gasteiger partial charge is 0.239 e. The lowest BCUT2D eigenvalue weighted by Gasteiger charge is -2.48. The fourth-order valence-corrected chi connectivity index (χ4v) is 11.6. The molecule has 2 spiro atoms. The van der Waals surface area contributed by atoms with Crippen molar-refractivity contribution in [3.8, 4) is 22.3 Å². The van der Waals surface area contributed by atoms with Gasteiger partial charge >= 0.3 is 0 Å². The van der Waals surface area contributed by atoms with E-state index in [-0.39, 0.29) is 22.7 Å². The van der Waals surface area contributed by atoms with E-state index in [4.69, 9.17) is 18.9 Å². The summed E-state index contributed by atoms with van der Waals surface area (Å²) >= 11 is 0. The van der Waals surface area contributed by atoms with Crippen LogP contribution in [0.1, 0.15) is 62.8 Å². The first-order valence-corrected chi connectivity index (χ1v) is 23.7. The van der Waals surface area contributed by atoms with Gasteiger partial charge in [0.15, 0.2) is 23.0 Å². The van der Waals surface area contributed by atoms with Gasteiger partial charge in [-0.2, -0.15) is 0 Å². The number of rotatable bonds is 10. The van der Waals surface area contributed by atoms with E-state index in [0.717, 1.165) is 67.0 Å². The third kappa shape index (κ3) is 6.78. The number of nitro groups is 2. The molecule has 5 aromatic carbocycles. The van der Waals surface area contributed by atoms with Gasteiger partial charge in [0.05, 0.1) is 25.0 Å². The van der Waals surface area contributed by atoms with E-state index in [1.54, 1.807) is 12.2 Å². The molecule has 0 N–H and O–H groups in total. The van der Waals surface area contributed by atoms with Gasteiger partial charge in [0.1, 0.15) is 0 Å². The van der Waals surface area contributed by atoms with Crippen LogP contribution in [0.5, 0.6) is 0 Å². The van der Waals surface area contributed by atoms with E-state index in [1.807, 2.05) is 12.2 Å². The van der Waals surface area contributed by atoms with Gasteiger partial charge in [-0.05, 0) is 96.5 Å². The Kier molecular flexibility index (Phi) is 10.5. The second kappa shape index (κ2) is 16.4. The minimum Gasteiger partial charge on any atom is -0.493 e. The molecule has 4 heterocycles. The van der Waals surface area contributed by atoms with Gasteiger partial charge in [0.25, 0.3) is 0 Å². The number of anilines is 2. The van der Waals surface area contributed by atoms with Crippen molar-refractivity contribution >= 4 is 11.4 Å². The van der Waals surface area contributed by atoms with Crippen LogP contribution in [0.25, 0.3) is 22.3 Å². The quantitative estimate of drug-likeness (QED) is 0.0985. The van der Waals surface area contributed by atoms with Crippen LogP contribution in [0.4, 0.5) is 11.4 Å². The van der Waals surface area contributed by atoms with Crippen molar-refractivity contribution < 1.29 is 28.8 Å². The molecule has 4 aliphatic heterocycles. The maximum atomic E-state index is 11.8. The number of allylic oxidation sites excluding steroid dienone is 2. The van der Waals surface area contributed by atoms with Crippen LogP contribution in [0, 0.1) is 20.2 Å². The Hall–Kier alpha value is -7.86. The molecule has 5 aromatic rings. The average molecular weight is 935 g/mol. The van der Waals surface area contributed by atoms with Crippen LogP contribution in [-0.2, 0) is 42.9 Å². The summed E-state index contributed by atoms with van der Waals surface area (Å²) < 4.78 is 25.6. The fourth-order valence-electron chi connectivity index (χ4n) is 11.6. The average Bonchev–Trinajstić information content (AvgIpc) is 3.66. The second-order valence-electron chi connectivity index (χ2n) is 20.0. The van der Waals surface area contributed by atoms with Gasteiger partial charge in [-0.1, -0.05) is 121 Å². The third-order valence-electron chi connectivity index (χ3n) is 15.6. The normalized spacial score (nSPS) is 24.3. The highest BCUT2D eigenvalue weighted by Gasteiger charge is 2.61. The van der Waals surface area contributed by atoms with E-state index in [1.165, 1.54) is 14.2 Å². The Labute approximate surface area is 407 Å². The summed E-state index contributed by atoms with van der Waals surface area (Å²) in [7, 11) is 3.06. The molecule has 70 heavy (non-hydrogen) atoms. The van der Waals surface area contributed by atoms with Gasteiger partial charge < -0.3 is 28.7 Å². The molecule has 11 rings (SSSR count). The Morgan fingerprint density at radius 3 is 1.23 bits per heavy atom. The van der Waals surface area contributed by atoms with Crippen LogP contribution in [-0.4, -0.2) is 47.6 Å². The minimum absolute atomic E-state index is 0.237. The molecule has 0 amide bonds. The summed E-state index contributed by atoms with van der Waals surface area (Å²) in [5.41, 5.74) is 9.83. The number of nitrogens with zero attached hydrogens (tertiary/aromatic N) is 4. The number of hydrogen-bond acceptors (Lipinski definition) is 10. The summed E-state index contributed by atoms with van der Waals surface area (Å²) in [5.74, 6) is 1.87. The number of ether oxygens (including phenoxy) is 4. The highest BCUT2D eigenvalue weighted by atomic mass is 16.6. The third-order valence-corrected chi connectivity index (χ3v) is 15.6. The molecule has 0 radical (unpaired) electrons. The van der Waals surface area contributed by atoms with Gasteiger partial charge in [0.2, 0.25) is 23.5 Å². The predicted molar refractivity (Wildman–Crippen MR) is 270 cm³/mol. The lowest BCUT2D eigenvalue weighted by molar-refractivity contribution is -0.509. The standard InChI is InChI=1S/C58H54N4O8/c1-55(2)47-11-7-9-13-49(47)59(57(55)29-27-43-31-45(61(63)64)33-51(67-5)53(43)69-57)35-37-15-19-39(20-16-37)41-23-25-42(26-24-41)40-21-17-38(18-22-40)36-60-50-14-10-8-12-48(50)56(3,4)58(60)30-28-44-32-46(62(65)66)34-52(68-6)54(44)70-58/h7-30,33-34,45-46H,31-32,35-36H2,1-6H3. The number of methoxy groups -OCH3 is 2. The summed E-state index contributed by atoms with van der Waals surface area (Å²) in [6.45, 7) is 9.89. The van der Waals surface area contributed by atoms with Gasteiger partial charge in [-0.15, -0.1) is 0 Å². The number of fused-ring (bicyclic) bond motifs is 2. The van der Waals surface area contributed by atoms with Crippen LogP contribution in [0.15, 0.2) is 192 Å². The van der Waals surface area contributed by atoms with Crippen molar-refractivity contribution in [2.75, 3.05) is 24.0 Å². The van der Waals surface area contributed by atoms with Crippen molar-refractivity contribution in [2.24, 2.45) is 0 Å². The summed E-state index contributed by atoms with van der Waals surface area (Å²) in [6, 6.07) is 41.1. The molecule has 6 aliphatic rings. The molecular formula is C58H54N4O8. The molecule has 0 bridgehead atoms. The molecule has 0 saturated heterocycles. The summed E-state index contributed by atoms with van der Waals surface area (Å²) in [5, 5.41) is 23.6. The van der Waals surface area contributed by atoms with Crippen molar-refractivity contribution in [1.82, 2.24) is 0 Å². The lowest BCUT2D eigenvalue weighted by atomic mass is 9.76. The Morgan fingerprint density at radius 2 is 0.886 bits per heavy atom. The number of hydrogen-bond donors (Lipinski definition) is 0. The van der Waals surface area contributed by atoms with Crippen LogP contribution >= 0.6 is 0 Å². The van der Waals surface area contributed by atoms with Crippen molar-refractivity contribution in [3.63, 3.8) is 0 Å². The molecule has 12 nitrogen and oxygen atoms in total. The van der Waals surface area contributed by atoms with Crippen LogP contribution in [0.3, 0.4) is 0 Å². The van der Waals surface area contributed by atoms with E-state index in [9.17, 15) is 20.2 Å². The molecular weight excluding hydrogens is 881 g/mol. The Bertz CT molecular complexity index is 2950. The molecule has 0 fully saturated rings. The van der Waals surface area contributed by atoms with Gasteiger partial charge in [-0.3, -0.25) is 20.2 Å². The van der Waals surface area contributed by atoms with Crippen LogP contribution in [0.2, 0.25) is 0 Å². The van der Waals surface area contributed by atoms with Gasteiger partial charge in [0, 0.05) is 70.5 Å². The first-order chi connectivity index (χ1) is 33.7. The zero-order valence-electron chi connectivity index (χ0n) is 40.0. The van der Waals surface area contributed by atoms with E-state index < -0.39 is 34.4 Å². The molecule has 12 heteroatoms. The fraction of sp³-hybridized carbons (Fsp3) is 0.276. The summed E-state index contributed by atoms with van der Waals surface area (Å²) in [4.78, 5) is 27.7. The molecule has 4 atom stereocenters. The largest absolute Gasteiger partial charge is 0.493 e. The van der Waals surface area contributed by atoms with E-state index in [2.05, 4.69) is 171 Å². The highest BCUT2D eigenvalue weighted by molar-refractivity contribution is 5.73. The minimum atomic E-state index is -0.917. The monoisotopic (exact) mass is 934 g/mol. The zero-order valence-corrected chi connectivity index (χ0v) is 40.0. The molecule has 4 unspecified atom stereocenters. The van der Waals surface area contributed by atoms with E-state index in [0.29, 0.717) is 36.1 Å². The van der Waals surface area contributed by atoms with Crippen molar-refractivity contribution in [2.45, 2.75) is 88.0 Å². The Balaban J connectivity index is 0.812. The number of para-hydroxylation sites is 2. The van der Waals surface area contributed by atoms with Crippen LogP contribution < -0.4 is 9.80 Å². The topological polar surface area (TPSA) is 130 Å². The maximum Gasteiger partial charge on any atom is 0.239 e. The summed E-state index contributed by atoms with van der Waals surface area (Å²) in [6.07, 6.45) is 11.7.